The predicted molar refractivity (Wildman–Crippen MR) is 150 cm³/mol. The zero-order chi connectivity index (χ0) is 27.5. The maximum atomic E-state index is 14.2. The van der Waals surface area contributed by atoms with Crippen molar-refractivity contribution in [2.75, 3.05) is 5.32 Å². The minimum Gasteiger partial charge on any atom is -0.322 e. The number of nitrogens with one attached hydrogen (secondary N) is 2. The van der Waals surface area contributed by atoms with Crippen LogP contribution in [-0.2, 0) is 12.8 Å². The van der Waals surface area contributed by atoms with Gasteiger partial charge in [-0.05, 0) is 81.5 Å². The Balaban J connectivity index is 1.44. The van der Waals surface area contributed by atoms with Crippen molar-refractivity contribution in [3.63, 3.8) is 0 Å². The third-order valence-electron chi connectivity index (χ3n) is 6.80. The fourth-order valence-electron chi connectivity index (χ4n) is 4.88. The molecule has 1 aliphatic rings. The third kappa shape index (κ3) is 5.24. The number of hydrazone groups is 1. The molecule has 0 fully saturated rings. The van der Waals surface area contributed by atoms with Gasteiger partial charge in [0.05, 0.1) is 29.0 Å². The van der Waals surface area contributed by atoms with Crippen LogP contribution in [0.25, 0.3) is 5.00 Å². The van der Waals surface area contributed by atoms with E-state index in [0.29, 0.717) is 5.56 Å². The summed E-state index contributed by atoms with van der Waals surface area (Å²) in [5.74, 6) is -1.63. The second-order valence-corrected chi connectivity index (χ2v) is 10.5. The Hall–Kier alpha value is -4.55. The normalized spacial score (nSPS) is 12.7. The molecule has 4 aromatic rings. The van der Waals surface area contributed by atoms with E-state index in [2.05, 4.69) is 20.4 Å². The molecule has 0 spiro atoms. The van der Waals surface area contributed by atoms with E-state index in [1.807, 2.05) is 56.3 Å². The van der Waals surface area contributed by atoms with Crippen molar-refractivity contribution in [2.24, 2.45) is 5.10 Å². The number of rotatable bonds is 6. The number of aryl methyl sites for hydroxylation is 2. The number of amides is 2. The van der Waals surface area contributed by atoms with Crippen LogP contribution in [-0.4, -0.2) is 22.6 Å². The summed E-state index contributed by atoms with van der Waals surface area (Å²) in [6.45, 7) is 3.90. The van der Waals surface area contributed by atoms with Crippen molar-refractivity contribution in [3.8, 4) is 11.1 Å². The number of carbonyl (C=O) groups excluding carboxylic acids is 2. The van der Waals surface area contributed by atoms with Crippen LogP contribution in [0.1, 0.15) is 66.5 Å². The standard InChI is InChI=1S/C30H26FN5O2S/c1-18-14-21(17-33-35-28(37)23-13-12-20(16-32)15-25(23)31)19(2)36(18)30-27(24-10-6-7-11-26(24)39-30)29(38)34-22-8-4-3-5-9-22/h3-5,8-9,12-15,17H,6-7,10-11H2,1-2H3,(H,34,38)(H,35,37). The molecule has 0 saturated carbocycles. The van der Waals surface area contributed by atoms with Crippen LogP contribution in [0.5, 0.6) is 0 Å². The SMILES string of the molecule is Cc1cc(C=NNC(=O)c2ccc(C#N)cc2F)c(C)n1-c1sc2c(c1C(=O)Nc1ccccc1)CCCC2. The summed E-state index contributed by atoms with van der Waals surface area (Å²) in [7, 11) is 0. The van der Waals surface area contributed by atoms with E-state index in [4.69, 9.17) is 5.26 Å². The van der Waals surface area contributed by atoms with Gasteiger partial charge in [-0.25, -0.2) is 9.82 Å². The Morgan fingerprint density at radius 2 is 1.85 bits per heavy atom. The summed E-state index contributed by atoms with van der Waals surface area (Å²) in [5, 5.41) is 16.9. The summed E-state index contributed by atoms with van der Waals surface area (Å²) in [5.41, 5.74) is 7.40. The van der Waals surface area contributed by atoms with Gasteiger partial charge in [-0.15, -0.1) is 11.3 Å². The molecule has 2 aromatic carbocycles. The number of para-hydroxylation sites is 1. The number of benzene rings is 2. The molecule has 0 atom stereocenters. The average molecular weight is 540 g/mol. The Labute approximate surface area is 229 Å². The highest BCUT2D eigenvalue weighted by Gasteiger charge is 2.28. The lowest BCUT2D eigenvalue weighted by Gasteiger charge is -2.14. The van der Waals surface area contributed by atoms with E-state index in [1.54, 1.807) is 11.3 Å². The molecule has 196 valence electrons. The molecular weight excluding hydrogens is 513 g/mol. The molecule has 2 heterocycles. The summed E-state index contributed by atoms with van der Waals surface area (Å²) < 4.78 is 16.2. The highest BCUT2D eigenvalue weighted by atomic mass is 32.1. The molecule has 1 aliphatic carbocycles. The van der Waals surface area contributed by atoms with E-state index in [1.165, 1.54) is 23.2 Å². The number of nitrogens with zero attached hydrogens (tertiary/aromatic N) is 3. The monoisotopic (exact) mass is 539 g/mol. The first-order valence-corrected chi connectivity index (χ1v) is 13.4. The predicted octanol–water partition coefficient (Wildman–Crippen LogP) is 6.06. The lowest BCUT2D eigenvalue weighted by molar-refractivity contribution is 0.0950. The minimum absolute atomic E-state index is 0.130. The molecule has 5 rings (SSSR count). The molecule has 39 heavy (non-hydrogen) atoms. The zero-order valence-corrected chi connectivity index (χ0v) is 22.4. The summed E-state index contributed by atoms with van der Waals surface area (Å²) in [4.78, 5) is 27.2. The van der Waals surface area contributed by atoms with Crippen LogP contribution in [0.3, 0.4) is 0 Å². The second kappa shape index (κ2) is 11.1. The van der Waals surface area contributed by atoms with E-state index >= 15 is 0 Å². The van der Waals surface area contributed by atoms with Gasteiger partial charge in [0.15, 0.2) is 0 Å². The molecule has 2 N–H and O–H groups in total. The summed E-state index contributed by atoms with van der Waals surface area (Å²) in [6, 6.07) is 16.8. The second-order valence-electron chi connectivity index (χ2n) is 9.38. The Bertz CT molecular complexity index is 1650. The fraction of sp³-hybridized carbons (Fsp3) is 0.200. The number of thiophene rings is 1. The molecule has 0 unspecified atom stereocenters. The van der Waals surface area contributed by atoms with Crippen molar-refractivity contribution < 1.29 is 14.0 Å². The van der Waals surface area contributed by atoms with Gasteiger partial charge >= 0.3 is 0 Å². The lowest BCUT2D eigenvalue weighted by atomic mass is 9.95. The molecule has 0 radical (unpaired) electrons. The van der Waals surface area contributed by atoms with Gasteiger partial charge in [-0.2, -0.15) is 10.4 Å². The van der Waals surface area contributed by atoms with Gasteiger partial charge < -0.3 is 9.88 Å². The molecule has 7 nitrogen and oxygen atoms in total. The molecule has 2 aromatic heterocycles. The number of hydrogen-bond acceptors (Lipinski definition) is 5. The maximum Gasteiger partial charge on any atom is 0.274 e. The van der Waals surface area contributed by atoms with Crippen LogP contribution in [0.15, 0.2) is 59.7 Å². The minimum atomic E-state index is -0.789. The number of anilines is 1. The van der Waals surface area contributed by atoms with E-state index in [-0.39, 0.29) is 17.0 Å². The molecule has 2 amide bonds. The first-order valence-electron chi connectivity index (χ1n) is 12.6. The van der Waals surface area contributed by atoms with Crippen LogP contribution in [0.2, 0.25) is 0 Å². The first kappa shape index (κ1) is 26.1. The quantitative estimate of drug-likeness (QED) is 0.230. The molecule has 9 heteroatoms. The van der Waals surface area contributed by atoms with Gasteiger partial charge in [0, 0.05) is 27.5 Å². The van der Waals surface area contributed by atoms with Crippen molar-refractivity contribution in [3.05, 3.63) is 104 Å². The fourth-order valence-corrected chi connectivity index (χ4v) is 6.38. The van der Waals surface area contributed by atoms with Crippen LogP contribution in [0.4, 0.5) is 10.1 Å². The molecular formula is C30H26FN5O2S. The van der Waals surface area contributed by atoms with E-state index in [9.17, 15) is 14.0 Å². The number of fused-ring (bicyclic) bond motifs is 1. The number of carbonyl (C=O) groups is 2. The summed E-state index contributed by atoms with van der Waals surface area (Å²) >= 11 is 1.65. The molecule has 0 aliphatic heterocycles. The largest absolute Gasteiger partial charge is 0.322 e. The highest BCUT2D eigenvalue weighted by molar-refractivity contribution is 7.15. The van der Waals surface area contributed by atoms with Gasteiger partial charge in [-0.3, -0.25) is 9.59 Å². The Morgan fingerprint density at radius 3 is 2.59 bits per heavy atom. The van der Waals surface area contributed by atoms with Crippen LogP contribution < -0.4 is 10.7 Å². The van der Waals surface area contributed by atoms with Crippen LogP contribution in [0, 0.1) is 31.0 Å². The number of aromatic nitrogens is 1. The van der Waals surface area contributed by atoms with Crippen molar-refractivity contribution in [2.45, 2.75) is 39.5 Å². The summed E-state index contributed by atoms with van der Waals surface area (Å²) in [6.07, 6.45) is 5.49. The number of hydrogen-bond donors (Lipinski definition) is 2. The van der Waals surface area contributed by atoms with Crippen molar-refractivity contribution >= 4 is 35.1 Å². The van der Waals surface area contributed by atoms with Gasteiger partial charge in [0.25, 0.3) is 11.8 Å². The van der Waals surface area contributed by atoms with Gasteiger partial charge in [0.2, 0.25) is 0 Å². The average Bonchev–Trinajstić information content (AvgIpc) is 3.44. The van der Waals surface area contributed by atoms with Crippen LogP contribution >= 0.6 is 11.3 Å². The Kier molecular flexibility index (Phi) is 7.39. The first-order chi connectivity index (χ1) is 18.9. The van der Waals surface area contributed by atoms with E-state index < -0.39 is 11.7 Å². The third-order valence-corrected chi connectivity index (χ3v) is 8.07. The smallest absolute Gasteiger partial charge is 0.274 e. The van der Waals surface area contributed by atoms with E-state index in [0.717, 1.165) is 65.0 Å². The zero-order valence-electron chi connectivity index (χ0n) is 21.5. The Morgan fingerprint density at radius 1 is 1.08 bits per heavy atom. The van der Waals surface area contributed by atoms with Gasteiger partial charge in [-0.1, -0.05) is 18.2 Å². The maximum absolute atomic E-state index is 14.2. The van der Waals surface area contributed by atoms with Crippen molar-refractivity contribution in [1.29, 1.82) is 5.26 Å². The number of nitriles is 1. The van der Waals surface area contributed by atoms with Gasteiger partial charge in [0.1, 0.15) is 10.8 Å². The number of halogens is 1. The topological polar surface area (TPSA) is 99.3 Å². The molecule has 0 saturated heterocycles. The highest BCUT2D eigenvalue weighted by Crippen LogP contribution is 2.39. The molecule has 0 bridgehead atoms. The lowest BCUT2D eigenvalue weighted by Crippen LogP contribution is -2.19. The van der Waals surface area contributed by atoms with Crippen molar-refractivity contribution in [1.82, 2.24) is 9.99 Å².